The number of nitrogens with one attached hydrogen (secondary N) is 1. The number of hydrogen-bond acceptors (Lipinski definition) is 3. The van der Waals surface area contributed by atoms with Crippen LogP contribution in [0.4, 0.5) is 5.69 Å². The highest BCUT2D eigenvalue weighted by Gasteiger charge is 2.33. The minimum atomic E-state index is -2.93. The maximum atomic E-state index is 11.7. The molecule has 1 fully saturated rings. The van der Waals surface area contributed by atoms with Gasteiger partial charge in [0.15, 0.2) is 14.9 Å². The van der Waals surface area contributed by atoms with E-state index in [9.17, 15) is 8.42 Å². The molecule has 1 atom stereocenters. The van der Waals surface area contributed by atoms with Gasteiger partial charge in [0.25, 0.3) is 0 Å². The fourth-order valence-corrected chi connectivity index (χ4v) is 4.74. The second-order valence-corrected chi connectivity index (χ2v) is 9.09. The van der Waals surface area contributed by atoms with E-state index in [-0.39, 0.29) is 17.5 Å². The summed E-state index contributed by atoms with van der Waals surface area (Å²) in [6.07, 6.45) is 0.636. The van der Waals surface area contributed by atoms with Crippen LogP contribution in [0.15, 0.2) is 24.3 Å². The quantitative estimate of drug-likeness (QED) is 0.836. The molecule has 2 rings (SSSR count). The number of thiocarbonyl (C=S) groups is 1. The molecule has 1 heterocycles. The van der Waals surface area contributed by atoms with Crippen LogP contribution in [0, 0.1) is 5.92 Å². The van der Waals surface area contributed by atoms with Gasteiger partial charge < -0.3 is 10.2 Å². The minimum Gasteiger partial charge on any atom is -0.345 e. The molecule has 122 valence electrons. The van der Waals surface area contributed by atoms with Crippen LogP contribution >= 0.6 is 23.8 Å². The van der Waals surface area contributed by atoms with Crippen molar-refractivity contribution in [1.29, 1.82) is 0 Å². The molecule has 22 heavy (non-hydrogen) atoms. The molecule has 1 N–H and O–H groups in total. The summed E-state index contributed by atoms with van der Waals surface area (Å²) in [6.45, 7) is 4.93. The lowest BCUT2D eigenvalue weighted by Gasteiger charge is -2.32. The van der Waals surface area contributed by atoms with Crippen molar-refractivity contribution in [3.63, 3.8) is 0 Å². The molecular weight excluding hydrogens is 340 g/mol. The molecule has 1 aliphatic rings. The SMILES string of the molecule is CC(C)CN(C(=S)Nc1ccc(Cl)cc1)[C@@H]1CCS(=O)(=O)C1. The maximum Gasteiger partial charge on any atom is 0.173 e. The molecule has 0 spiro atoms. The van der Waals surface area contributed by atoms with Gasteiger partial charge in [-0.1, -0.05) is 25.4 Å². The zero-order chi connectivity index (χ0) is 16.3. The van der Waals surface area contributed by atoms with E-state index >= 15 is 0 Å². The Kier molecular flexibility index (Phi) is 5.69. The summed E-state index contributed by atoms with van der Waals surface area (Å²) >= 11 is 11.4. The van der Waals surface area contributed by atoms with E-state index in [0.717, 1.165) is 12.2 Å². The van der Waals surface area contributed by atoms with Crippen molar-refractivity contribution in [2.75, 3.05) is 23.4 Å². The van der Waals surface area contributed by atoms with Gasteiger partial charge in [0, 0.05) is 23.3 Å². The van der Waals surface area contributed by atoms with Gasteiger partial charge in [0.05, 0.1) is 11.5 Å². The van der Waals surface area contributed by atoms with E-state index in [1.165, 1.54) is 0 Å². The number of halogens is 1. The Labute approximate surface area is 142 Å². The number of rotatable bonds is 4. The van der Waals surface area contributed by atoms with Crippen LogP contribution in [0.3, 0.4) is 0 Å². The predicted octanol–water partition coefficient (Wildman–Crippen LogP) is 3.18. The highest BCUT2D eigenvalue weighted by Crippen LogP contribution is 2.21. The van der Waals surface area contributed by atoms with Crippen molar-refractivity contribution in [3.8, 4) is 0 Å². The van der Waals surface area contributed by atoms with Gasteiger partial charge in [-0.05, 0) is 48.8 Å². The topological polar surface area (TPSA) is 49.4 Å². The Morgan fingerprint density at radius 1 is 1.41 bits per heavy atom. The van der Waals surface area contributed by atoms with Crippen molar-refractivity contribution < 1.29 is 8.42 Å². The van der Waals surface area contributed by atoms with E-state index in [1.54, 1.807) is 12.1 Å². The van der Waals surface area contributed by atoms with Crippen molar-refractivity contribution in [1.82, 2.24) is 4.90 Å². The largest absolute Gasteiger partial charge is 0.345 e. The molecule has 0 radical (unpaired) electrons. The van der Waals surface area contributed by atoms with Gasteiger partial charge in [-0.25, -0.2) is 8.42 Å². The van der Waals surface area contributed by atoms with Gasteiger partial charge >= 0.3 is 0 Å². The standard InChI is InChI=1S/C15H21ClN2O2S2/c1-11(2)9-18(14-7-8-22(19,20)10-14)15(21)17-13-5-3-12(16)4-6-13/h3-6,11,14H,7-10H2,1-2H3,(H,17,21)/t14-/m1/s1. The van der Waals surface area contributed by atoms with Crippen molar-refractivity contribution >= 4 is 44.5 Å². The third-order valence-electron chi connectivity index (χ3n) is 3.57. The molecular formula is C15H21ClN2O2S2. The van der Waals surface area contributed by atoms with Crippen molar-refractivity contribution in [3.05, 3.63) is 29.3 Å². The predicted molar refractivity (Wildman–Crippen MR) is 96.3 cm³/mol. The van der Waals surface area contributed by atoms with E-state index < -0.39 is 9.84 Å². The van der Waals surface area contributed by atoms with Gasteiger partial charge in [0.2, 0.25) is 0 Å². The molecule has 7 heteroatoms. The summed E-state index contributed by atoms with van der Waals surface area (Å²) in [5.41, 5.74) is 0.851. The third-order valence-corrected chi connectivity index (χ3v) is 5.91. The molecule has 0 aromatic heterocycles. The van der Waals surface area contributed by atoms with E-state index in [1.807, 2.05) is 17.0 Å². The Balaban J connectivity index is 2.11. The van der Waals surface area contributed by atoms with Gasteiger partial charge in [-0.3, -0.25) is 0 Å². The molecule has 1 saturated heterocycles. The molecule has 0 bridgehead atoms. The summed E-state index contributed by atoms with van der Waals surface area (Å²) in [7, 11) is -2.93. The minimum absolute atomic E-state index is 0.0419. The monoisotopic (exact) mass is 360 g/mol. The van der Waals surface area contributed by atoms with Crippen molar-refractivity contribution in [2.24, 2.45) is 5.92 Å². The van der Waals surface area contributed by atoms with Crippen LogP contribution < -0.4 is 5.32 Å². The van der Waals surface area contributed by atoms with Crippen LogP contribution in [-0.2, 0) is 9.84 Å². The number of benzene rings is 1. The lowest BCUT2D eigenvalue weighted by molar-refractivity contribution is 0.303. The number of anilines is 1. The molecule has 1 aliphatic heterocycles. The Morgan fingerprint density at radius 2 is 2.05 bits per heavy atom. The summed E-state index contributed by atoms with van der Waals surface area (Å²) in [4.78, 5) is 2.01. The van der Waals surface area contributed by atoms with Gasteiger partial charge in [-0.2, -0.15) is 0 Å². The molecule has 0 unspecified atom stereocenters. The number of sulfone groups is 1. The molecule has 1 aromatic carbocycles. The zero-order valence-electron chi connectivity index (χ0n) is 12.8. The molecule has 1 aromatic rings. The Bertz CT molecular complexity index is 629. The van der Waals surface area contributed by atoms with E-state index in [4.69, 9.17) is 23.8 Å². The summed E-state index contributed by atoms with van der Waals surface area (Å²) in [5.74, 6) is 0.825. The first-order valence-corrected chi connectivity index (χ1v) is 9.91. The molecule has 0 aliphatic carbocycles. The smallest absolute Gasteiger partial charge is 0.173 e. The summed E-state index contributed by atoms with van der Waals surface area (Å²) in [6, 6.07) is 7.25. The second-order valence-electron chi connectivity index (χ2n) is 6.04. The third kappa shape index (κ3) is 4.83. The first-order valence-electron chi connectivity index (χ1n) is 7.30. The average molecular weight is 361 g/mol. The summed E-state index contributed by atoms with van der Waals surface area (Å²) < 4.78 is 23.5. The summed E-state index contributed by atoms with van der Waals surface area (Å²) in [5, 5.41) is 4.41. The number of nitrogens with zero attached hydrogens (tertiary/aromatic N) is 1. The maximum absolute atomic E-state index is 11.7. The van der Waals surface area contributed by atoms with Gasteiger partial charge in [0.1, 0.15) is 0 Å². The zero-order valence-corrected chi connectivity index (χ0v) is 15.1. The first kappa shape index (κ1) is 17.5. The number of hydrogen-bond donors (Lipinski definition) is 1. The van der Waals surface area contributed by atoms with Crippen molar-refractivity contribution in [2.45, 2.75) is 26.3 Å². The van der Waals surface area contributed by atoms with Gasteiger partial charge in [-0.15, -0.1) is 0 Å². The normalized spacial score (nSPS) is 20.1. The van der Waals surface area contributed by atoms with Crippen LogP contribution in [0.25, 0.3) is 0 Å². The van der Waals surface area contributed by atoms with E-state index in [0.29, 0.717) is 22.5 Å². The Morgan fingerprint density at radius 3 is 2.55 bits per heavy atom. The van der Waals surface area contributed by atoms with Crippen LogP contribution in [-0.4, -0.2) is 42.5 Å². The average Bonchev–Trinajstić information content (AvgIpc) is 2.78. The fourth-order valence-electron chi connectivity index (χ4n) is 2.54. The highest BCUT2D eigenvalue weighted by atomic mass is 35.5. The Hall–Kier alpha value is -0.850. The van der Waals surface area contributed by atoms with Crippen LogP contribution in [0.1, 0.15) is 20.3 Å². The van der Waals surface area contributed by atoms with E-state index in [2.05, 4.69) is 19.2 Å². The van der Waals surface area contributed by atoms with Crippen LogP contribution in [0.2, 0.25) is 5.02 Å². The molecule has 0 amide bonds. The second kappa shape index (κ2) is 7.15. The fraction of sp³-hybridized carbons (Fsp3) is 0.533. The lowest BCUT2D eigenvalue weighted by Crippen LogP contribution is -2.45. The lowest BCUT2D eigenvalue weighted by atomic mass is 10.1. The first-order chi connectivity index (χ1) is 10.3. The molecule has 4 nitrogen and oxygen atoms in total. The highest BCUT2D eigenvalue weighted by molar-refractivity contribution is 7.91. The van der Waals surface area contributed by atoms with Crippen LogP contribution in [0.5, 0.6) is 0 Å². The molecule has 0 saturated carbocycles.